The molecule has 0 saturated carbocycles. The second kappa shape index (κ2) is 2.70. The van der Waals surface area contributed by atoms with Crippen molar-refractivity contribution in [3.05, 3.63) is 22.5 Å². The molecule has 0 radical (unpaired) electrons. The first-order chi connectivity index (χ1) is 5.79. The van der Waals surface area contributed by atoms with Crippen LogP contribution in [0.2, 0.25) is 0 Å². The molecule has 0 atom stereocenters. The summed E-state index contributed by atoms with van der Waals surface area (Å²) in [4.78, 5) is 8.52. The van der Waals surface area contributed by atoms with E-state index in [2.05, 4.69) is 23.8 Å². The molecule has 2 aliphatic heterocycles. The van der Waals surface area contributed by atoms with E-state index >= 15 is 0 Å². The fraction of sp³-hybridized carbons (Fsp3) is 0.400. The van der Waals surface area contributed by atoms with Crippen molar-refractivity contribution < 1.29 is 0 Å². The summed E-state index contributed by atoms with van der Waals surface area (Å²) < 4.78 is 0. The van der Waals surface area contributed by atoms with Crippen molar-refractivity contribution in [2.45, 2.75) is 26.7 Å². The molecule has 2 rings (SSSR count). The zero-order chi connectivity index (χ0) is 8.55. The van der Waals surface area contributed by atoms with E-state index < -0.39 is 0 Å². The van der Waals surface area contributed by atoms with Crippen LogP contribution in [0.3, 0.4) is 0 Å². The number of rotatable bonds is 1. The van der Waals surface area contributed by atoms with Crippen molar-refractivity contribution in [2.75, 3.05) is 0 Å². The maximum Gasteiger partial charge on any atom is 0.0408 e. The van der Waals surface area contributed by atoms with Crippen LogP contribution in [0.4, 0.5) is 0 Å². The molecule has 2 aliphatic rings. The van der Waals surface area contributed by atoms with Gasteiger partial charge in [-0.1, -0.05) is 0 Å². The quantitative estimate of drug-likeness (QED) is 0.563. The van der Waals surface area contributed by atoms with Crippen LogP contribution in [0, 0.1) is 0 Å². The molecule has 0 bridgehead atoms. The third kappa shape index (κ3) is 1.04. The lowest BCUT2D eigenvalue weighted by Crippen LogP contribution is -1.89. The second-order valence-corrected chi connectivity index (χ2v) is 3.16. The molecule has 0 spiro atoms. The summed E-state index contributed by atoms with van der Waals surface area (Å²) in [5.74, 6) is 0. The highest BCUT2D eigenvalue weighted by molar-refractivity contribution is 5.76. The van der Waals surface area contributed by atoms with Gasteiger partial charge < -0.3 is 0 Å². The van der Waals surface area contributed by atoms with Gasteiger partial charge in [0.25, 0.3) is 0 Å². The summed E-state index contributed by atoms with van der Waals surface area (Å²) >= 11 is 0. The Balaban J connectivity index is 2.34. The highest BCUT2D eigenvalue weighted by Crippen LogP contribution is 2.30. The van der Waals surface area contributed by atoms with Crippen LogP contribution < -0.4 is 0 Å². The molecule has 0 fully saturated rings. The first kappa shape index (κ1) is 7.47. The van der Waals surface area contributed by atoms with Gasteiger partial charge in [-0.3, -0.25) is 9.98 Å². The van der Waals surface area contributed by atoms with E-state index in [1.54, 1.807) is 0 Å². The van der Waals surface area contributed by atoms with Gasteiger partial charge in [0, 0.05) is 36.7 Å². The maximum absolute atomic E-state index is 4.26. The smallest absolute Gasteiger partial charge is 0.0408 e. The van der Waals surface area contributed by atoms with Gasteiger partial charge in [0.1, 0.15) is 0 Å². The number of nitrogens with zero attached hydrogens (tertiary/aromatic N) is 2. The van der Waals surface area contributed by atoms with Gasteiger partial charge in [0.2, 0.25) is 0 Å². The minimum atomic E-state index is 0.988. The zero-order valence-corrected chi connectivity index (χ0v) is 7.46. The van der Waals surface area contributed by atoms with Gasteiger partial charge in [0.15, 0.2) is 0 Å². The Morgan fingerprint density at radius 2 is 1.33 bits per heavy atom. The van der Waals surface area contributed by atoms with E-state index in [1.807, 2.05) is 12.4 Å². The summed E-state index contributed by atoms with van der Waals surface area (Å²) in [5.41, 5.74) is 5.08. The summed E-state index contributed by atoms with van der Waals surface area (Å²) in [6, 6.07) is 0. The Kier molecular flexibility index (Phi) is 1.68. The molecular weight excluding hydrogens is 148 g/mol. The molecule has 2 heteroatoms. The fourth-order valence-corrected chi connectivity index (χ4v) is 1.68. The van der Waals surface area contributed by atoms with Crippen LogP contribution in [0.25, 0.3) is 0 Å². The highest BCUT2D eigenvalue weighted by atomic mass is 14.8. The standard InChI is InChI=1S/C10H12N2/c1-7-9(3-5-11-7)10-4-6-12-8(10)2/h5-6H,3-4H2,1-2H3. The number of hydrogen-bond acceptors (Lipinski definition) is 2. The zero-order valence-electron chi connectivity index (χ0n) is 7.46. The lowest BCUT2D eigenvalue weighted by atomic mass is 10.0. The predicted molar refractivity (Wildman–Crippen MR) is 51.6 cm³/mol. The number of allylic oxidation sites excluding steroid dienone is 4. The molecule has 2 nitrogen and oxygen atoms in total. The van der Waals surface area contributed by atoms with Crippen LogP contribution in [0.15, 0.2) is 32.5 Å². The van der Waals surface area contributed by atoms with Gasteiger partial charge >= 0.3 is 0 Å². The summed E-state index contributed by atoms with van der Waals surface area (Å²) in [6.07, 6.45) is 5.93. The Bertz CT molecular complexity index is 296. The van der Waals surface area contributed by atoms with Crippen molar-refractivity contribution in [2.24, 2.45) is 9.98 Å². The van der Waals surface area contributed by atoms with Crippen LogP contribution in [0.1, 0.15) is 26.7 Å². The highest BCUT2D eigenvalue weighted by Gasteiger charge is 2.15. The minimum absolute atomic E-state index is 0.988. The lowest BCUT2D eigenvalue weighted by molar-refractivity contribution is 1.15. The van der Waals surface area contributed by atoms with Crippen molar-refractivity contribution in [1.29, 1.82) is 0 Å². The molecule has 0 aromatic heterocycles. The average Bonchev–Trinajstić information content (AvgIpc) is 2.59. The van der Waals surface area contributed by atoms with Crippen LogP contribution >= 0.6 is 0 Å². The molecular formula is C10H12N2. The maximum atomic E-state index is 4.26. The van der Waals surface area contributed by atoms with Crippen LogP contribution in [0.5, 0.6) is 0 Å². The van der Waals surface area contributed by atoms with Crippen LogP contribution in [-0.4, -0.2) is 12.4 Å². The fourth-order valence-electron chi connectivity index (χ4n) is 1.68. The minimum Gasteiger partial charge on any atom is -0.265 e. The molecule has 0 aromatic rings. The van der Waals surface area contributed by atoms with Gasteiger partial charge in [-0.25, -0.2) is 0 Å². The van der Waals surface area contributed by atoms with Crippen molar-refractivity contribution in [3.63, 3.8) is 0 Å². The third-order valence-corrected chi connectivity index (χ3v) is 2.40. The van der Waals surface area contributed by atoms with E-state index in [9.17, 15) is 0 Å². The Morgan fingerprint density at radius 1 is 0.917 bits per heavy atom. The van der Waals surface area contributed by atoms with Gasteiger partial charge in [-0.15, -0.1) is 0 Å². The van der Waals surface area contributed by atoms with E-state index in [0.717, 1.165) is 24.2 Å². The molecule has 0 N–H and O–H groups in total. The Morgan fingerprint density at radius 3 is 1.58 bits per heavy atom. The van der Waals surface area contributed by atoms with Gasteiger partial charge in [-0.2, -0.15) is 0 Å². The molecule has 0 saturated heterocycles. The van der Waals surface area contributed by atoms with E-state index in [0.29, 0.717) is 0 Å². The van der Waals surface area contributed by atoms with Gasteiger partial charge in [0.05, 0.1) is 0 Å². The molecule has 62 valence electrons. The Labute approximate surface area is 72.4 Å². The predicted octanol–water partition coefficient (Wildman–Crippen LogP) is 2.48. The lowest BCUT2D eigenvalue weighted by Gasteiger charge is -2.04. The van der Waals surface area contributed by atoms with Gasteiger partial charge in [-0.05, 0) is 25.0 Å². The third-order valence-electron chi connectivity index (χ3n) is 2.40. The molecule has 0 aliphatic carbocycles. The number of aliphatic imine (C=N–C) groups is 2. The van der Waals surface area contributed by atoms with Crippen molar-refractivity contribution >= 4 is 12.4 Å². The average molecular weight is 160 g/mol. The largest absolute Gasteiger partial charge is 0.265 e. The van der Waals surface area contributed by atoms with E-state index in [4.69, 9.17) is 0 Å². The summed E-state index contributed by atoms with van der Waals surface area (Å²) in [7, 11) is 0. The SMILES string of the molecule is CC1=C(C2=C(C)N=CC2)CC=N1. The molecule has 2 heterocycles. The van der Waals surface area contributed by atoms with Crippen molar-refractivity contribution in [3.8, 4) is 0 Å². The summed E-state index contributed by atoms with van der Waals surface area (Å²) in [5, 5.41) is 0. The topological polar surface area (TPSA) is 24.7 Å². The molecule has 12 heavy (non-hydrogen) atoms. The monoisotopic (exact) mass is 160 g/mol. The first-order valence-corrected chi connectivity index (χ1v) is 4.24. The van der Waals surface area contributed by atoms with Crippen molar-refractivity contribution in [1.82, 2.24) is 0 Å². The second-order valence-electron chi connectivity index (χ2n) is 3.16. The molecule has 0 aromatic carbocycles. The van der Waals surface area contributed by atoms with Crippen LogP contribution in [-0.2, 0) is 0 Å². The normalized spacial score (nSPS) is 21.8. The van der Waals surface area contributed by atoms with E-state index in [1.165, 1.54) is 11.1 Å². The molecule has 0 unspecified atom stereocenters. The number of hydrogen-bond donors (Lipinski definition) is 0. The van der Waals surface area contributed by atoms with E-state index in [-0.39, 0.29) is 0 Å². The molecule has 0 amide bonds. The first-order valence-electron chi connectivity index (χ1n) is 4.24. The Hall–Kier alpha value is -1.18. The summed E-state index contributed by atoms with van der Waals surface area (Å²) in [6.45, 7) is 4.13.